The van der Waals surface area contributed by atoms with Crippen LogP contribution in [0.2, 0.25) is 0 Å². The average molecular weight is 319 g/mol. The molecule has 0 saturated heterocycles. The van der Waals surface area contributed by atoms with Crippen molar-refractivity contribution in [2.75, 3.05) is 13.2 Å². The molecule has 1 radical (unpaired) electrons. The number of hydrogen-bond acceptors (Lipinski definition) is 5. The van der Waals surface area contributed by atoms with Gasteiger partial charge in [0.1, 0.15) is 19.3 Å². The second kappa shape index (κ2) is 7.62. The summed E-state index contributed by atoms with van der Waals surface area (Å²) in [5.74, 6) is -0.652. The largest absolute Gasteiger partial charge is 0.487 e. The van der Waals surface area contributed by atoms with E-state index in [1.54, 1.807) is 31.2 Å². The molecule has 7 nitrogen and oxygen atoms in total. The first kappa shape index (κ1) is 16.8. The van der Waals surface area contributed by atoms with Crippen LogP contribution in [0.4, 0.5) is 0 Å². The zero-order valence-electron chi connectivity index (χ0n) is 12.8. The predicted molar refractivity (Wildman–Crippen MR) is 81.6 cm³/mol. The summed E-state index contributed by atoms with van der Waals surface area (Å²) in [7, 11) is 0. The number of fused-ring (bicyclic) bond motifs is 1. The lowest BCUT2D eigenvalue weighted by atomic mass is 10.0. The van der Waals surface area contributed by atoms with E-state index in [0.29, 0.717) is 11.5 Å². The summed E-state index contributed by atoms with van der Waals surface area (Å²) in [4.78, 5) is 34.8. The van der Waals surface area contributed by atoms with Gasteiger partial charge < -0.3 is 20.5 Å². The molecule has 0 fully saturated rings. The molecule has 2 amide bonds. The molecule has 0 saturated carbocycles. The highest BCUT2D eigenvalue weighted by Gasteiger charge is 2.25. The molecule has 2 atom stereocenters. The summed E-state index contributed by atoms with van der Waals surface area (Å²) in [6.07, 6.45) is 1.51. The molecule has 1 unspecified atom stereocenters. The molecule has 2 rings (SSSR count). The summed E-state index contributed by atoms with van der Waals surface area (Å²) in [6.45, 7) is 1.49. The molecule has 0 bridgehead atoms. The van der Waals surface area contributed by atoms with E-state index in [1.807, 2.05) is 0 Å². The minimum atomic E-state index is -0.809. The molecule has 0 aromatic heterocycles. The number of para-hydroxylation sites is 2. The lowest BCUT2D eigenvalue weighted by Gasteiger charge is -2.22. The van der Waals surface area contributed by atoms with Gasteiger partial charge in [-0.15, -0.1) is 0 Å². The molecule has 1 aromatic carbocycles. The van der Waals surface area contributed by atoms with E-state index >= 15 is 0 Å². The van der Waals surface area contributed by atoms with Crippen LogP contribution in [0.1, 0.15) is 13.3 Å². The number of nitrogens with two attached hydrogens (primary N) is 1. The average Bonchev–Trinajstić information content (AvgIpc) is 2.53. The van der Waals surface area contributed by atoms with Crippen molar-refractivity contribution in [3.8, 4) is 11.5 Å². The lowest BCUT2D eigenvalue weighted by Crippen LogP contribution is -2.47. The number of ether oxygens (including phenoxy) is 2. The first-order valence-corrected chi connectivity index (χ1v) is 7.27. The molecule has 3 N–H and O–H groups in total. The number of rotatable bonds is 5. The predicted octanol–water partition coefficient (Wildman–Crippen LogP) is 0.227. The zero-order valence-corrected chi connectivity index (χ0v) is 12.8. The van der Waals surface area contributed by atoms with Gasteiger partial charge in [0.05, 0.1) is 6.42 Å². The minimum Gasteiger partial charge on any atom is -0.487 e. The summed E-state index contributed by atoms with van der Waals surface area (Å²) in [5.41, 5.74) is 5.13. The third-order valence-electron chi connectivity index (χ3n) is 3.47. The number of carbonyl (C=O) groups excluding carboxylic acids is 3. The number of amides is 2. The fourth-order valence-corrected chi connectivity index (χ4v) is 1.96. The van der Waals surface area contributed by atoms with Crippen molar-refractivity contribution in [3.05, 3.63) is 30.7 Å². The van der Waals surface area contributed by atoms with Gasteiger partial charge in [0.15, 0.2) is 17.3 Å². The second-order valence-electron chi connectivity index (χ2n) is 5.32. The fraction of sp³-hybridized carbons (Fsp3) is 0.375. The highest BCUT2D eigenvalue weighted by molar-refractivity contribution is 5.93. The maximum atomic E-state index is 12.1. The van der Waals surface area contributed by atoms with Crippen molar-refractivity contribution in [2.24, 2.45) is 11.7 Å². The van der Waals surface area contributed by atoms with Crippen molar-refractivity contribution in [3.63, 3.8) is 0 Å². The second-order valence-corrected chi connectivity index (χ2v) is 5.32. The van der Waals surface area contributed by atoms with Gasteiger partial charge in [-0.25, -0.2) is 0 Å². The number of carbonyl (C=O) groups is 3. The number of primary amides is 1. The van der Waals surface area contributed by atoms with Crippen LogP contribution >= 0.6 is 0 Å². The van der Waals surface area contributed by atoms with E-state index in [4.69, 9.17) is 15.2 Å². The number of Topliss-reactive ketones (excluding diaryl/α,β-unsaturated/α-hetero) is 1. The van der Waals surface area contributed by atoms with Crippen LogP contribution in [0.25, 0.3) is 0 Å². The Bertz CT molecular complexity index is 602. The SMILES string of the molecule is CC(C[CH]C(=O)N[C@H]1COc2ccccc2OCC1=O)C(N)=O. The van der Waals surface area contributed by atoms with Crippen molar-refractivity contribution in [2.45, 2.75) is 19.4 Å². The van der Waals surface area contributed by atoms with Gasteiger partial charge in [0.2, 0.25) is 11.8 Å². The zero-order chi connectivity index (χ0) is 16.8. The Hall–Kier alpha value is -2.57. The van der Waals surface area contributed by atoms with Gasteiger partial charge in [0, 0.05) is 5.92 Å². The summed E-state index contributed by atoms with van der Waals surface area (Å²) < 4.78 is 10.9. The van der Waals surface area contributed by atoms with Crippen LogP contribution in [0.5, 0.6) is 11.5 Å². The summed E-state index contributed by atoms with van der Waals surface area (Å²) >= 11 is 0. The molecule has 1 aromatic rings. The van der Waals surface area contributed by atoms with Crippen molar-refractivity contribution in [1.82, 2.24) is 5.32 Å². The van der Waals surface area contributed by atoms with Gasteiger partial charge in [-0.3, -0.25) is 14.4 Å². The molecule has 0 spiro atoms. The maximum absolute atomic E-state index is 12.1. The fourth-order valence-electron chi connectivity index (χ4n) is 1.96. The maximum Gasteiger partial charge on any atom is 0.224 e. The molecule has 0 aliphatic carbocycles. The van der Waals surface area contributed by atoms with Crippen LogP contribution in [-0.4, -0.2) is 36.9 Å². The minimum absolute atomic E-state index is 0.0180. The van der Waals surface area contributed by atoms with Crippen LogP contribution in [0, 0.1) is 12.3 Å². The Labute approximate surface area is 134 Å². The summed E-state index contributed by atoms with van der Waals surface area (Å²) in [5, 5.41) is 2.56. The number of hydrogen-bond donors (Lipinski definition) is 2. The van der Waals surface area contributed by atoms with Crippen LogP contribution in [-0.2, 0) is 14.4 Å². The molecule has 23 heavy (non-hydrogen) atoms. The Balaban J connectivity index is 1.91. The van der Waals surface area contributed by atoms with Crippen molar-refractivity contribution >= 4 is 17.6 Å². The van der Waals surface area contributed by atoms with Crippen molar-refractivity contribution in [1.29, 1.82) is 0 Å². The highest BCUT2D eigenvalue weighted by atomic mass is 16.5. The van der Waals surface area contributed by atoms with Gasteiger partial charge in [-0.05, 0) is 18.6 Å². The van der Waals surface area contributed by atoms with E-state index in [1.165, 1.54) is 6.42 Å². The number of benzene rings is 1. The highest BCUT2D eigenvalue weighted by Crippen LogP contribution is 2.27. The van der Waals surface area contributed by atoms with Gasteiger partial charge in [-0.1, -0.05) is 19.1 Å². The molecule has 123 valence electrons. The van der Waals surface area contributed by atoms with Crippen LogP contribution < -0.4 is 20.5 Å². The van der Waals surface area contributed by atoms with E-state index in [0.717, 1.165) is 0 Å². The van der Waals surface area contributed by atoms with Gasteiger partial charge in [0.25, 0.3) is 0 Å². The Kier molecular flexibility index (Phi) is 5.56. The third kappa shape index (κ3) is 4.70. The molecule has 1 aliphatic rings. The molecule has 7 heteroatoms. The number of nitrogens with one attached hydrogen (secondary N) is 1. The van der Waals surface area contributed by atoms with Gasteiger partial charge in [-0.2, -0.15) is 0 Å². The van der Waals surface area contributed by atoms with Crippen LogP contribution in [0.15, 0.2) is 24.3 Å². The number of ketones is 1. The summed E-state index contributed by atoms with van der Waals surface area (Å²) in [6, 6.07) is 6.20. The molecule has 1 aliphatic heterocycles. The Morgan fingerprint density at radius 1 is 1.35 bits per heavy atom. The van der Waals surface area contributed by atoms with Crippen LogP contribution in [0.3, 0.4) is 0 Å². The topological polar surface area (TPSA) is 108 Å². The molecular formula is C16H19N2O5. The standard InChI is InChI=1S/C16H19N2O5/c1-10(16(17)21)6-7-15(20)18-11-8-22-13-4-2-3-5-14(13)23-9-12(11)19/h2-5,7,10-11H,6,8-9H2,1H3,(H2,17,21)(H,18,20)/t10?,11-/m0/s1. The lowest BCUT2D eigenvalue weighted by molar-refractivity contribution is -0.129. The Morgan fingerprint density at radius 3 is 2.65 bits per heavy atom. The van der Waals surface area contributed by atoms with E-state index in [9.17, 15) is 14.4 Å². The smallest absolute Gasteiger partial charge is 0.224 e. The van der Waals surface area contributed by atoms with Crippen molar-refractivity contribution < 1.29 is 23.9 Å². The third-order valence-corrected chi connectivity index (χ3v) is 3.47. The first-order chi connectivity index (χ1) is 11.0. The Morgan fingerprint density at radius 2 is 2.00 bits per heavy atom. The van der Waals surface area contributed by atoms with Gasteiger partial charge >= 0.3 is 0 Å². The normalized spacial score (nSPS) is 18.5. The monoisotopic (exact) mass is 319 g/mol. The van der Waals surface area contributed by atoms with E-state index in [-0.39, 0.29) is 25.4 Å². The van der Waals surface area contributed by atoms with E-state index < -0.39 is 23.8 Å². The molecular weight excluding hydrogens is 300 g/mol. The first-order valence-electron chi connectivity index (χ1n) is 7.27. The quantitative estimate of drug-likeness (QED) is 0.807. The molecule has 1 heterocycles. The van der Waals surface area contributed by atoms with E-state index in [2.05, 4.69) is 5.32 Å².